The van der Waals surface area contributed by atoms with Crippen molar-refractivity contribution in [2.24, 2.45) is 0 Å². The van der Waals surface area contributed by atoms with E-state index in [1.54, 1.807) is 0 Å². The summed E-state index contributed by atoms with van der Waals surface area (Å²) >= 11 is 2.26. The van der Waals surface area contributed by atoms with Gasteiger partial charge in [0.25, 0.3) is 0 Å². The van der Waals surface area contributed by atoms with Crippen molar-refractivity contribution >= 4 is 40.1 Å². The molecule has 1 heterocycles. The van der Waals surface area contributed by atoms with E-state index in [9.17, 15) is 0 Å². The average molecular weight is 347 g/mol. The third kappa shape index (κ3) is 1.82. The molecule has 0 aliphatic rings. The smallest absolute Gasteiger partial charge is 0.150 e. The molecular formula is C14H10IN3. The summed E-state index contributed by atoms with van der Waals surface area (Å²) in [6.45, 7) is 0. The zero-order valence-corrected chi connectivity index (χ0v) is 11.6. The Morgan fingerprint density at radius 2 is 1.89 bits per heavy atom. The lowest BCUT2D eigenvalue weighted by molar-refractivity contribution is 1.31. The van der Waals surface area contributed by atoms with Gasteiger partial charge in [0.05, 0.1) is 33.9 Å². The molecule has 3 nitrogen and oxygen atoms in total. The average Bonchev–Trinajstić information content (AvgIpc) is 2.76. The highest BCUT2D eigenvalue weighted by molar-refractivity contribution is 14.1. The first-order valence-corrected chi connectivity index (χ1v) is 6.50. The van der Waals surface area contributed by atoms with E-state index in [0.717, 1.165) is 28.0 Å². The van der Waals surface area contributed by atoms with E-state index in [2.05, 4.69) is 30.6 Å². The molecule has 0 bridgehead atoms. The zero-order valence-electron chi connectivity index (χ0n) is 9.47. The van der Waals surface area contributed by atoms with Crippen LogP contribution in [0.3, 0.4) is 0 Å². The lowest BCUT2D eigenvalue weighted by Crippen LogP contribution is -1.85. The number of nitrogens with zero attached hydrogens (tertiary/aromatic N) is 2. The van der Waals surface area contributed by atoms with Crippen LogP contribution in [-0.4, -0.2) is 14.0 Å². The quantitative estimate of drug-likeness (QED) is 0.554. The minimum absolute atomic E-state index is 0.872. The van der Waals surface area contributed by atoms with E-state index in [4.69, 9.17) is 5.41 Å². The van der Waals surface area contributed by atoms with Crippen LogP contribution in [0.15, 0.2) is 48.5 Å². The van der Waals surface area contributed by atoms with Crippen molar-refractivity contribution in [3.8, 4) is 11.4 Å². The van der Waals surface area contributed by atoms with Crippen LogP contribution in [0.1, 0.15) is 5.56 Å². The topological polar surface area (TPSA) is 41.7 Å². The van der Waals surface area contributed by atoms with E-state index >= 15 is 0 Å². The summed E-state index contributed by atoms with van der Waals surface area (Å²) in [5, 5.41) is 7.28. The molecule has 88 valence electrons. The molecule has 3 aromatic rings. The Labute approximate surface area is 118 Å². The fourth-order valence-electron chi connectivity index (χ4n) is 1.92. The van der Waals surface area contributed by atoms with E-state index < -0.39 is 0 Å². The van der Waals surface area contributed by atoms with Crippen LogP contribution in [0.2, 0.25) is 0 Å². The monoisotopic (exact) mass is 347 g/mol. The number of rotatable bonds is 2. The van der Waals surface area contributed by atoms with Crippen molar-refractivity contribution in [2.75, 3.05) is 0 Å². The van der Waals surface area contributed by atoms with Crippen molar-refractivity contribution in [1.29, 1.82) is 5.41 Å². The minimum atomic E-state index is 0.872. The van der Waals surface area contributed by atoms with Crippen LogP contribution in [0.5, 0.6) is 0 Å². The Bertz CT molecular complexity index is 716. The minimum Gasteiger partial charge on any atom is -0.308 e. The van der Waals surface area contributed by atoms with Crippen molar-refractivity contribution in [1.82, 2.24) is 7.76 Å². The molecule has 0 spiro atoms. The highest BCUT2D eigenvalue weighted by Crippen LogP contribution is 2.27. The summed E-state index contributed by atoms with van der Waals surface area (Å²) < 4.78 is 2.05. The molecule has 0 saturated heterocycles. The SMILES string of the molecule is N=Cc1ccc2c(c1)nc(-c1ccccc1)n2I. The summed E-state index contributed by atoms with van der Waals surface area (Å²) in [6, 6.07) is 16.0. The number of hydrogen-bond acceptors (Lipinski definition) is 2. The molecule has 3 rings (SSSR count). The summed E-state index contributed by atoms with van der Waals surface area (Å²) in [5.74, 6) is 0.938. The fourth-order valence-corrected chi connectivity index (χ4v) is 2.72. The maximum atomic E-state index is 7.28. The number of nitrogens with one attached hydrogen (secondary N) is 1. The standard InChI is InChI=1S/C14H10IN3/c15-18-13-7-6-10(9-16)8-12(13)17-14(18)11-4-2-1-3-5-11/h1-9,16H. The number of imidazole rings is 1. The molecule has 0 saturated carbocycles. The van der Waals surface area contributed by atoms with Gasteiger partial charge < -0.3 is 5.41 Å². The van der Waals surface area contributed by atoms with Gasteiger partial charge in [-0.25, -0.2) is 4.98 Å². The van der Waals surface area contributed by atoms with Crippen LogP contribution in [0.4, 0.5) is 0 Å². The molecule has 0 unspecified atom stereocenters. The third-order valence-corrected chi connectivity index (χ3v) is 3.80. The molecule has 0 aliphatic heterocycles. The van der Waals surface area contributed by atoms with Crippen LogP contribution in [0.25, 0.3) is 22.4 Å². The van der Waals surface area contributed by atoms with Crippen LogP contribution in [-0.2, 0) is 0 Å². The molecular weight excluding hydrogens is 337 g/mol. The summed E-state index contributed by atoms with van der Waals surface area (Å²) in [5.41, 5.74) is 3.96. The molecule has 1 N–H and O–H groups in total. The van der Waals surface area contributed by atoms with Gasteiger partial charge in [0.1, 0.15) is 5.82 Å². The molecule has 0 amide bonds. The summed E-state index contributed by atoms with van der Waals surface area (Å²) in [4.78, 5) is 4.64. The first kappa shape index (κ1) is 11.4. The number of hydrogen-bond donors (Lipinski definition) is 1. The maximum absolute atomic E-state index is 7.28. The molecule has 1 aromatic heterocycles. The molecule has 0 aliphatic carbocycles. The van der Waals surface area contributed by atoms with Gasteiger partial charge in [-0.3, -0.25) is 2.78 Å². The first-order valence-electron chi connectivity index (χ1n) is 5.54. The van der Waals surface area contributed by atoms with Crippen LogP contribution >= 0.6 is 22.9 Å². The van der Waals surface area contributed by atoms with Gasteiger partial charge in [-0.1, -0.05) is 36.4 Å². The molecule has 0 radical (unpaired) electrons. The summed E-state index contributed by atoms with van der Waals surface area (Å²) in [7, 11) is 0. The van der Waals surface area contributed by atoms with Gasteiger partial charge in [-0.15, -0.1) is 0 Å². The van der Waals surface area contributed by atoms with Crippen molar-refractivity contribution in [3.63, 3.8) is 0 Å². The Morgan fingerprint density at radius 1 is 1.11 bits per heavy atom. The lowest BCUT2D eigenvalue weighted by atomic mass is 10.2. The van der Waals surface area contributed by atoms with Gasteiger partial charge in [-0.05, 0) is 17.7 Å². The second-order valence-electron chi connectivity index (χ2n) is 3.97. The third-order valence-electron chi connectivity index (χ3n) is 2.82. The normalized spacial score (nSPS) is 10.7. The van der Waals surface area contributed by atoms with E-state index in [0.29, 0.717) is 0 Å². The van der Waals surface area contributed by atoms with E-state index in [-0.39, 0.29) is 0 Å². The van der Waals surface area contributed by atoms with E-state index in [1.165, 1.54) is 6.21 Å². The predicted octanol–water partition coefficient (Wildman–Crippen LogP) is 3.90. The highest BCUT2D eigenvalue weighted by atomic mass is 127. The molecule has 0 atom stereocenters. The predicted molar refractivity (Wildman–Crippen MR) is 82.5 cm³/mol. The Balaban J connectivity index is 2.26. The van der Waals surface area contributed by atoms with Gasteiger partial charge in [0.15, 0.2) is 0 Å². The Morgan fingerprint density at radius 3 is 2.61 bits per heavy atom. The molecule has 4 heteroatoms. The van der Waals surface area contributed by atoms with Gasteiger partial charge >= 0.3 is 0 Å². The number of fused-ring (bicyclic) bond motifs is 1. The van der Waals surface area contributed by atoms with Gasteiger partial charge in [0, 0.05) is 11.8 Å². The molecule has 2 aromatic carbocycles. The number of benzene rings is 2. The largest absolute Gasteiger partial charge is 0.308 e. The zero-order chi connectivity index (χ0) is 12.5. The highest BCUT2D eigenvalue weighted by Gasteiger charge is 2.10. The Kier molecular flexibility index (Phi) is 2.87. The second kappa shape index (κ2) is 4.53. The molecule has 0 fully saturated rings. The second-order valence-corrected chi connectivity index (χ2v) is 4.94. The van der Waals surface area contributed by atoms with Crippen molar-refractivity contribution < 1.29 is 0 Å². The van der Waals surface area contributed by atoms with Gasteiger partial charge in [0.2, 0.25) is 0 Å². The fraction of sp³-hybridized carbons (Fsp3) is 0. The number of aromatic nitrogens is 2. The van der Waals surface area contributed by atoms with Crippen molar-refractivity contribution in [3.05, 3.63) is 54.1 Å². The lowest BCUT2D eigenvalue weighted by Gasteiger charge is -1.99. The van der Waals surface area contributed by atoms with E-state index in [1.807, 2.05) is 48.5 Å². The maximum Gasteiger partial charge on any atom is 0.150 e. The summed E-state index contributed by atoms with van der Waals surface area (Å²) in [6.07, 6.45) is 1.34. The first-order chi connectivity index (χ1) is 8.79. The number of halogens is 1. The van der Waals surface area contributed by atoms with Crippen LogP contribution < -0.4 is 0 Å². The van der Waals surface area contributed by atoms with Crippen molar-refractivity contribution in [2.45, 2.75) is 0 Å². The molecule has 18 heavy (non-hydrogen) atoms. The Hall–Kier alpha value is -1.69. The van der Waals surface area contributed by atoms with Crippen LogP contribution in [0, 0.1) is 5.41 Å². The van der Waals surface area contributed by atoms with Gasteiger partial charge in [-0.2, -0.15) is 0 Å².